The molecular formula is C21H34N4O2. The van der Waals surface area contributed by atoms with E-state index in [0.717, 1.165) is 58.1 Å². The molecule has 0 aromatic heterocycles. The molecular weight excluding hydrogens is 340 g/mol. The third kappa shape index (κ3) is 5.59. The summed E-state index contributed by atoms with van der Waals surface area (Å²) in [5.41, 5.74) is 1.20. The summed E-state index contributed by atoms with van der Waals surface area (Å²) < 4.78 is 5.45. The van der Waals surface area contributed by atoms with Gasteiger partial charge in [-0.05, 0) is 37.9 Å². The van der Waals surface area contributed by atoms with E-state index < -0.39 is 0 Å². The van der Waals surface area contributed by atoms with Gasteiger partial charge in [0.1, 0.15) is 5.75 Å². The van der Waals surface area contributed by atoms with Gasteiger partial charge in [-0.3, -0.25) is 4.90 Å². The Morgan fingerprint density at radius 1 is 1.15 bits per heavy atom. The van der Waals surface area contributed by atoms with E-state index >= 15 is 0 Å². The van der Waals surface area contributed by atoms with Crippen molar-refractivity contribution in [1.29, 1.82) is 0 Å². The molecule has 1 aromatic carbocycles. The van der Waals surface area contributed by atoms with Crippen molar-refractivity contribution in [2.75, 3.05) is 59.5 Å². The maximum absolute atomic E-state index is 12.5. The number of methoxy groups -OCH3 is 1. The van der Waals surface area contributed by atoms with E-state index in [1.807, 2.05) is 23.1 Å². The average Bonchev–Trinajstić information content (AvgIpc) is 2.73. The molecule has 2 saturated heterocycles. The summed E-state index contributed by atoms with van der Waals surface area (Å²) in [6.07, 6.45) is 2.47. The van der Waals surface area contributed by atoms with Crippen LogP contribution in [-0.4, -0.2) is 80.2 Å². The van der Waals surface area contributed by atoms with Crippen LogP contribution in [0.4, 0.5) is 4.79 Å². The van der Waals surface area contributed by atoms with E-state index in [0.29, 0.717) is 5.92 Å². The molecule has 0 unspecified atom stereocenters. The van der Waals surface area contributed by atoms with Crippen molar-refractivity contribution in [2.24, 2.45) is 5.92 Å². The first-order valence-corrected chi connectivity index (χ1v) is 10.3. The number of piperidine rings is 1. The average molecular weight is 375 g/mol. The maximum atomic E-state index is 12.5. The lowest BCUT2D eigenvalue weighted by Gasteiger charge is -2.36. The van der Waals surface area contributed by atoms with Gasteiger partial charge < -0.3 is 19.9 Å². The summed E-state index contributed by atoms with van der Waals surface area (Å²) in [7, 11) is 1.72. The van der Waals surface area contributed by atoms with Crippen LogP contribution < -0.4 is 10.1 Å². The molecule has 0 spiro atoms. The van der Waals surface area contributed by atoms with Crippen LogP contribution in [0.25, 0.3) is 0 Å². The van der Waals surface area contributed by atoms with Gasteiger partial charge in [-0.1, -0.05) is 25.1 Å². The van der Waals surface area contributed by atoms with Crippen LogP contribution in [0.2, 0.25) is 0 Å². The summed E-state index contributed by atoms with van der Waals surface area (Å²) in [6.45, 7) is 10.7. The highest BCUT2D eigenvalue weighted by atomic mass is 16.5. The van der Waals surface area contributed by atoms with Crippen molar-refractivity contribution in [3.63, 3.8) is 0 Å². The second-order valence-corrected chi connectivity index (χ2v) is 7.66. The van der Waals surface area contributed by atoms with Gasteiger partial charge in [-0.25, -0.2) is 4.79 Å². The smallest absolute Gasteiger partial charge is 0.317 e. The van der Waals surface area contributed by atoms with Crippen LogP contribution in [0.1, 0.15) is 25.3 Å². The van der Waals surface area contributed by atoms with Gasteiger partial charge in [0.25, 0.3) is 0 Å². The van der Waals surface area contributed by atoms with Crippen LogP contribution in [0.15, 0.2) is 24.3 Å². The molecule has 150 valence electrons. The minimum Gasteiger partial charge on any atom is -0.496 e. The van der Waals surface area contributed by atoms with E-state index in [1.165, 1.54) is 24.9 Å². The van der Waals surface area contributed by atoms with E-state index in [-0.39, 0.29) is 6.03 Å². The van der Waals surface area contributed by atoms with Gasteiger partial charge in [-0.15, -0.1) is 0 Å². The fourth-order valence-corrected chi connectivity index (χ4v) is 4.13. The Hall–Kier alpha value is -1.79. The zero-order chi connectivity index (χ0) is 19.1. The molecule has 0 radical (unpaired) electrons. The standard InChI is InChI=1S/C21H34N4O2/c1-3-23-10-6-7-18(16-23)15-22-21(26)25-13-11-24(12-14-25)17-19-8-4-5-9-20(19)27-2/h4-5,8-9,18H,3,6-7,10-17H2,1-2H3,(H,22,26)/t18-/m0/s1. The lowest BCUT2D eigenvalue weighted by molar-refractivity contribution is 0.130. The van der Waals surface area contributed by atoms with Gasteiger partial charge in [-0.2, -0.15) is 0 Å². The number of benzene rings is 1. The quantitative estimate of drug-likeness (QED) is 0.830. The predicted octanol–water partition coefficient (Wildman–Crippen LogP) is 2.25. The summed E-state index contributed by atoms with van der Waals surface area (Å²) >= 11 is 0. The number of urea groups is 1. The SMILES string of the molecule is CCN1CCC[C@@H](CNC(=O)N2CCN(Cc3ccccc3OC)CC2)C1. The van der Waals surface area contributed by atoms with Crippen molar-refractivity contribution < 1.29 is 9.53 Å². The molecule has 1 atom stereocenters. The number of carbonyl (C=O) groups excluding carboxylic acids is 1. The number of hydrogen-bond acceptors (Lipinski definition) is 4. The molecule has 2 aliphatic rings. The normalized spacial score (nSPS) is 21.9. The van der Waals surface area contributed by atoms with Gasteiger partial charge in [0.15, 0.2) is 0 Å². The molecule has 1 N–H and O–H groups in total. The highest BCUT2D eigenvalue weighted by molar-refractivity contribution is 5.74. The maximum Gasteiger partial charge on any atom is 0.317 e. The molecule has 2 heterocycles. The molecule has 0 saturated carbocycles. The molecule has 1 aromatic rings. The van der Waals surface area contributed by atoms with Crippen LogP contribution in [0.5, 0.6) is 5.75 Å². The molecule has 27 heavy (non-hydrogen) atoms. The minimum atomic E-state index is 0.0977. The minimum absolute atomic E-state index is 0.0977. The Bertz CT molecular complexity index is 602. The fraction of sp³-hybridized carbons (Fsp3) is 0.667. The molecule has 2 fully saturated rings. The fourth-order valence-electron chi connectivity index (χ4n) is 4.13. The van der Waals surface area contributed by atoms with Crippen molar-refractivity contribution in [1.82, 2.24) is 20.0 Å². The van der Waals surface area contributed by atoms with Gasteiger partial charge in [0.2, 0.25) is 0 Å². The Morgan fingerprint density at radius 3 is 2.67 bits per heavy atom. The third-order valence-corrected chi connectivity index (χ3v) is 5.84. The number of nitrogens with one attached hydrogen (secondary N) is 1. The van der Waals surface area contributed by atoms with Gasteiger partial charge in [0, 0.05) is 51.4 Å². The van der Waals surface area contributed by atoms with Crippen molar-refractivity contribution in [3.8, 4) is 5.75 Å². The first-order chi connectivity index (χ1) is 13.2. The number of likely N-dealkylation sites (tertiary alicyclic amines) is 1. The van der Waals surface area contributed by atoms with Crippen molar-refractivity contribution in [2.45, 2.75) is 26.3 Å². The highest BCUT2D eigenvalue weighted by Crippen LogP contribution is 2.20. The molecule has 3 rings (SSSR count). The number of carbonyl (C=O) groups is 1. The van der Waals surface area contributed by atoms with Crippen molar-refractivity contribution in [3.05, 3.63) is 29.8 Å². The van der Waals surface area contributed by atoms with Crippen LogP contribution in [-0.2, 0) is 6.54 Å². The Kier molecular flexibility index (Phi) is 7.35. The Morgan fingerprint density at radius 2 is 1.93 bits per heavy atom. The Balaban J connectivity index is 1.40. The molecule has 6 nitrogen and oxygen atoms in total. The van der Waals surface area contributed by atoms with Gasteiger partial charge in [0.05, 0.1) is 7.11 Å². The number of rotatable bonds is 6. The first-order valence-electron chi connectivity index (χ1n) is 10.3. The zero-order valence-electron chi connectivity index (χ0n) is 16.8. The summed E-state index contributed by atoms with van der Waals surface area (Å²) in [4.78, 5) is 19.4. The highest BCUT2D eigenvalue weighted by Gasteiger charge is 2.23. The van der Waals surface area contributed by atoms with Crippen LogP contribution >= 0.6 is 0 Å². The molecule has 2 aliphatic heterocycles. The second kappa shape index (κ2) is 9.95. The first kappa shape index (κ1) is 20.0. The van der Waals surface area contributed by atoms with Crippen molar-refractivity contribution >= 4 is 6.03 Å². The number of amides is 2. The van der Waals surface area contributed by atoms with Gasteiger partial charge >= 0.3 is 6.03 Å². The van der Waals surface area contributed by atoms with E-state index in [9.17, 15) is 4.79 Å². The molecule has 2 amide bonds. The third-order valence-electron chi connectivity index (χ3n) is 5.84. The molecule has 0 bridgehead atoms. The number of piperazine rings is 1. The lowest BCUT2D eigenvalue weighted by atomic mass is 9.98. The summed E-state index contributed by atoms with van der Waals surface area (Å²) in [5, 5.41) is 3.17. The predicted molar refractivity (Wildman–Crippen MR) is 108 cm³/mol. The second-order valence-electron chi connectivity index (χ2n) is 7.66. The topological polar surface area (TPSA) is 48.1 Å². The zero-order valence-corrected chi connectivity index (χ0v) is 16.8. The van der Waals surface area contributed by atoms with E-state index in [4.69, 9.17) is 4.74 Å². The lowest BCUT2D eigenvalue weighted by Crippen LogP contribution is -2.52. The van der Waals surface area contributed by atoms with E-state index in [2.05, 4.69) is 28.1 Å². The van der Waals surface area contributed by atoms with Crippen LogP contribution in [0.3, 0.4) is 0 Å². The monoisotopic (exact) mass is 374 g/mol. The number of ether oxygens (including phenoxy) is 1. The van der Waals surface area contributed by atoms with E-state index in [1.54, 1.807) is 7.11 Å². The molecule has 0 aliphatic carbocycles. The molecule has 6 heteroatoms. The number of para-hydroxylation sites is 1. The van der Waals surface area contributed by atoms with Crippen LogP contribution in [0, 0.1) is 5.92 Å². The largest absolute Gasteiger partial charge is 0.496 e. The summed E-state index contributed by atoms with van der Waals surface area (Å²) in [5.74, 6) is 1.53. The number of nitrogens with zero attached hydrogens (tertiary/aromatic N) is 3. The number of hydrogen-bond donors (Lipinski definition) is 1. The summed E-state index contributed by atoms with van der Waals surface area (Å²) in [6, 6.07) is 8.26. The Labute approximate surface area is 163 Å².